The molecule has 1 atom stereocenters. The summed E-state index contributed by atoms with van der Waals surface area (Å²) < 4.78 is 0. The number of piperazine rings is 1. The molecule has 3 heteroatoms. The zero-order chi connectivity index (χ0) is 13.3. The molecule has 0 aliphatic carbocycles. The van der Waals surface area contributed by atoms with Crippen LogP contribution in [0.3, 0.4) is 0 Å². The fourth-order valence-electron chi connectivity index (χ4n) is 2.48. The molecule has 0 spiro atoms. The van der Waals surface area contributed by atoms with Gasteiger partial charge >= 0.3 is 0 Å². The maximum Gasteiger partial charge on any atom is 0.0329 e. The van der Waals surface area contributed by atoms with Gasteiger partial charge in [-0.1, -0.05) is 20.8 Å². The largest absolute Gasteiger partial charge is 0.311 e. The number of thiophene rings is 1. The molecule has 2 nitrogen and oxygen atoms in total. The first-order valence-electron chi connectivity index (χ1n) is 6.88. The van der Waals surface area contributed by atoms with Crippen LogP contribution in [0.2, 0.25) is 0 Å². The molecule has 1 N–H and O–H groups in total. The maximum absolute atomic E-state index is 3.65. The SMILES string of the molecule is Cc1cc(CN2CCNC(C(C)(C)C)C2)sc1C. The Kier molecular flexibility index (Phi) is 4.15. The molecule has 1 aliphatic heterocycles. The van der Waals surface area contributed by atoms with Gasteiger partial charge < -0.3 is 5.32 Å². The lowest BCUT2D eigenvalue weighted by molar-refractivity contribution is 0.130. The maximum atomic E-state index is 3.65. The van der Waals surface area contributed by atoms with Crippen LogP contribution in [-0.4, -0.2) is 30.6 Å². The summed E-state index contributed by atoms with van der Waals surface area (Å²) >= 11 is 1.95. The molecule has 1 aromatic heterocycles. The number of nitrogens with zero attached hydrogens (tertiary/aromatic N) is 1. The number of aryl methyl sites for hydroxylation is 2. The molecule has 2 rings (SSSR count). The van der Waals surface area contributed by atoms with Gasteiger partial charge in [0.2, 0.25) is 0 Å². The van der Waals surface area contributed by atoms with E-state index >= 15 is 0 Å². The Morgan fingerprint density at radius 2 is 2.11 bits per heavy atom. The van der Waals surface area contributed by atoms with E-state index in [1.165, 1.54) is 28.4 Å². The number of rotatable bonds is 2. The van der Waals surface area contributed by atoms with Gasteiger partial charge in [-0.25, -0.2) is 0 Å². The monoisotopic (exact) mass is 266 g/mol. The van der Waals surface area contributed by atoms with Crippen LogP contribution in [0.5, 0.6) is 0 Å². The van der Waals surface area contributed by atoms with Gasteiger partial charge in [-0.2, -0.15) is 0 Å². The van der Waals surface area contributed by atoms with E-state index < -0.39 is 0 Å². The van der Waals surface area contributed by atoms with Crippen LogP contribution in [0.1, 0.15) is 36.1 Å². The van der Waals surface area contributed by atoms with E-state index in [0.29, 0.717) is 11.5 Å². The Bertz CT molecular complexity index is 384. The summed E-state index contributed by atoms with van der Waals surface area (Å²) in [6.07, 6.45) is 0. The van der Waals surface area contributed by atoms with Gasteiger partial charge in [-0.3, -0.25) is 4.90 Å². The molecule has 0 saturated carbocycles. The third kappa shape index (κ3) is 3.34. The summed E-state index contributed by atoms with van der Waals surface area (Å²) in [4.78, 5) is 5.57. The molecule has 1 aliphatic rings. The smallest absolute Gasteiger partial charge is 0.0329 e. The van der Waals surface area contributed by atoms with Crippen molar-refractivity contribution in [2.75, 3.05) is 19.6 Å². The highest BCUT2D eigenvalue weighted by molar-refractivity contribution is 7.12. The fraction of sp³-hybridized carbons (Fsp3) is 0.733. The molecule has 1 aromatic rings. The van der Waals surface area contributed by atoms with E-state index in [9.17, 15) is 0 Å². The molecular weight excluding hydrogens is 240 g/mol. The minimum Gasteiger partial charge on any atom is -0.311 e. The van der Waals surface area contributed by atoms with Crippen LogP contribution in [0.25, 0.3) is 0 Å². The van der Waals surface area contributed by atoms with Crippen LogP contribution in [0.4, 0.5) is 0 Å². The predicted molar refractivity (Wildman–Crippen MR) is 80.3 cm³/mol. The van der Waals surface area contributed by atoms with E-state index in [-0.39, 0.29) is 0 Å². The van der Waals surface area contributed by atoms with Gasteiger partial charge in [-0.05, 0) is 30.9 Å². The van der Waals surface area contributed by atoms with Gasteiger partial charge in [-0.15, -0.1) is 11.3 Å². The zero-order valence-electron chi connectivity index (χ0n) is 12.3. The molecule has 0 radical (unpaired) electrons. The zero-order valence-corrected chi connectivity index (χ0v) is 13.2. The molecular formula is C15H26N2S. The lowest BCUT2D eigenvalue weighted by Gasteiger charge is -2.40. The summed E-state index contributed by atoms with van der Waals surface area (Å²) in [6, 6.07) is 2.96. The highest BCUT2D eigenvalue weighted by atomic mass is 32.1. The van der Waals surface area contributed by atoms with Crippen LogP contribution < -0.4 is 5.32 Å². The van der Waals surface area contributed by atoms with Crippen molar-refractivity contribution in [2.24, 2.45) is 5.41 Å². The summed E-state index contributed by atoms with van der Waals surface area (Å²) in [5.74, 6) is 0. The molecule has 2 heterocycles. The quantitative estimate of drug-likeness (QED) is 0.884. The van der Waals surface area contributed by atoms with E-state index in [0.717, 1.165) is 13.1 Å². The Morgan fingerprint density at radius 3 is 2.67 bits per heavy atom. The van der Waals surface area contributed by atoms with Crippen molar-refractivity contribution in [3.8, 4) is 0 Å². The minimum atomic E-state index is 0.347. The van der Waals surface area contributed by atoms with Crippen molar-refractivity contribution in [1.29, 1.82) is 0 Å². The van der Waals surface area contributed by atoms with Crippen LogP contribution >= 0.6 is 11.3 Å². The Hall–Kier alpha value is -0.380. The average Bonchev–Trinajstić information content (AvgIpc) is 2.57. The topological polar surface area (TPSA) is 15.3 Å². The van der Waals surface area contributed by atoms with E-state index in [1.54, 1.807) is 0 Å². The van der Waals surface area contributed by atoms with Crippen LogP contribution in [0, 0.1) is 19.3 Å². The lowest BCUT2D eigenvalue weighted by Crippen LogP contribution is -2.55. The van der Waals surface area contributed by atoms with E-state index in [2.05, 4.69) is 50.9 Å². The summed E-state index contributed by atoms with van der Waals surface area (Å²) in [5, 5.41) is 3.65. The van der Waals surface area contributed by atoms with Crippen LogP contribution in [0.15, 0.2) is 6.07 Å². The van der Waals surface area contributed by atoms with Crippen molar-refractivity contribution < 1.29 is 0 Å². The highest BCUT2D eigenvalue weighted by Gasteiger charge is 2.29. The Labute approximate surface area is 115 Å². The summed E-state index contributed by atoms with van der Waals surface area (Å²) in [7, 11) is 0. The van der Waals surface area contributed by atoms with E-state index in [1.807, 2.05) is 11.3 Å². The van der Waals surface area contributed by atoms with Crippen molar-refractivity contribution in [3.05, 3.63) is 21.4 Å². The van der Waals surface area contributed by atoms with Gasteiger partial charge in [0, 0.05) is 42.0 Å². The number of hydrogen-bond donors (Lipinski definition) is 1. The minimum absolute atomic E-state index is 0.347. The first-order valence-corrected chi connectivity index (χ1v) is 7.69. The van der Waals surface area contributed by atoms with Gasteiger partial charge in [0.25, 0.3) is 0 Å². The van der Waals surface area contributed by atoms with Crippen molar-refractivity contribution in [3.63, 3.8) is 0 Å². The van der Waals surface area contributed by atoms with Crippen molar-refractivity contribution >= 4 is 11.3 Å². The van der Waals surface area contributed by atoms with Gasteiger partial charge in [0.15, 0.2) is 0 Å². The van der Waals surface area contributed by atoms with Crippen LogP contribution in [-0.2, 0) is 6.54 Å². The predicted octanol–water partition coefficient (Wildman–Crippen LogP) is 3.18. The second kappa shape index (κ2) is 5.32. The number of nitrogens with one attached hydrogen (secondary N) is 1. The lowest BCUT2D eigenvalue weighted by atomic mass is 9.85. The molecule has 1 fully saturated rings. The van der Waals surface area contributed by atoms with Gasteiger partial charge in [0.1, 0.15) is 0 Å². The molecule has 1 unspecified atom stereocenters. The third-order valence-electron chi connectivity index (χ3n) is 3.90. The Morgan fingerprint density at radius 1 is 1.39 bits per heavy atom. The Balaban J connectivity index is 1.97. The first-order chi connectivity index (χ1) is 8.36. The first kappa shape index (κ1) is 14.0. The standard InChI is InChI=1S/C15H26N2S/c1-11-8-13(18-12(11)2)9-17-7-6-16-14(10-17)15(3,4)5/h8,14,16H,6-7,9-10H2,1-5H3. The fourth-order valence-corrected chi connectivity index (χ4v) is 3.58. The molecule has 1 saturated heterocycles. The molecule has 102 valence electrons. The third-order valence-corrected chi connectivity index (χ3v) is 5.04. The average molecular weight is 266 g/mol. The van der Waals surface area contributed by atoms with E-state index in [4.69, 9.17) is 0 Å². The number of hydrogen-bond acceptors (Lipinski definition) is 3. The normalized spacial score (nSPS) is 22.4. The van der Waals surface area contributed by atoms with Gasteiger partial charge in [0.05, 0.1) is 0 Å². The summed E-state index contributed by atoms with van der Waals surface area (Å²) in [5.41, 5.74) is 1.79. The molecule has 0 amide bonds. The van der Waals surface area contributed by atoms with Crippen molar-refractivity contribution in [1.82, 2.24) is 10.2 Å². The second-order valence-electron chi connectivity index (χ2n) is 6.56. The van der Waals surface area contributed by atoms with Crippen molar-refractivity contribution in [2.45, 2.75) is 47.2 Å². The molecule has 0 bridgehead atoms. The summed E-state index contributed by atoms with van der Waals surface area (Å²) in [6.45, 7) is 16.0. The molecule has 18 heavy (non-hydrogen) atoms. The molecule has 0 aromatic carbocycles. The highest BCUT2D eigenvalue weighted by Crippen LogP contribution is 2.25. The second-order valence-corrected chi connectivity index (χ2v) is 7.90.